The number of hydrogen-bond donors (Lipinski definition) is 0. The fourth-order valence-electron chi connectivity index (χ4n) is 2.46. The van der Waals surface area contributed by atoms with E-state index in [1.165, 1.54) is 6.92 Å². The standard InChI is InChI=1S/C15H23NO5/c1-6-20-13(18)12-8-15(11(4)17,14(19)21-7-2)9-16(5)10(12)3/h6-9H2,1-5H3. The van der Waals surface area contributed by atoms with Gasteiger partial charge in [-0.15, -0.1) is 0 Å². The molecule has 0 saturated heterocycles. The van der Waals surface area contributed by atoms with Crippen LogP contribution in [0.3, 0.4) is 0 Å². The maximum absolute atomic E-state index is 12.3. The summed E-state index contributed by atoms with van der Waals surface area (Å²) < 4.78 is 10.1. The molecule has 0 aromatic carbocycles. The molecule has 6 heteroatoms. The van der Waals surface area contributed by atoms with Crippen LogP contribution in [-0.4, -0.2) is 49.4 Å². The highest BCUT2D eigenvalue weighted by atomic mass is 16.5. The van der Waals surface area contributed by atoms with Crippen LogP contribution in [0.4, 0.5) is 0 Å². The van der Waals surface area contributed by atoms with Crippen LogP contribution in [0.25, 0.3) is 0 Å². The molecule has 0 amide bonds. The zero-order valence-corrected chi connectivity index (χ0v) is 13.3. The first-order valence-electron chi connectivity index (χ1n) is 7.06. The predicted molar refractivity (Wildman–Crippen MR) is 76.3 cm³/mol. The fraction of sp³-hybridized carbons (Fsp3) is 0.667. The van der Waals surface area contributed by atoms with E-state index >= 15 is 0 Å². The Hall–Kier alpha value is -1.85. The highest BCUT2D eigenvalue weighted by Crippen LogP contribution is 2.37. The van der Waals surface area contributed by atoms with Gasteiger partial charge < -0.3 is 14.4 Å². The van der Waals surface area contributed by atoms with Gasteiger partial charge in [-0.05, 0) is 27.7 Å². The zero-order valence-electron chi connectivity index (χ0n) is 13.3. The number of allylic oxidation sites excluding steroid dienone is 1. The van der Waals surface area contributed by atoms with Crippen molar-refractivity contribution < 1.29 is 23.9 Å². The molecular formula is C15H23NO5. The Balaban J connectivity index is 3.24. The molecule has 0 radical (unpaired) electrons. The van der Waals surface area contributed by atoms with Crippen molar-refractivity contribution in [2.24, 2.45) is 5.41 Å². The Morgan fingerprint density at radius 1 is 1.19 bits per heavy atom. The van der Waals surface area contributed by atoms with E-state index in [1.54, 1.807) is 32.7 Å². The maximum atomic E-state index is 12.3. The molecule has 0 saturated carbocycles. The van der Waals surface area contributed by atoms with Gasteiger partial charge in [-0.2, -0.15) is 0 Å². The van der Waals surface area contributed by atoms with Crippen molar-refractivity contribution in [1.82, 2.24) is 4.90 Å². The monoisotopic (exact) mass is 297 g/mol. The summed E-state index contributed by atoms with van der Waals surface area (Å²) in [5, 5.41) is 0. The fourth-order valence-corrected chi connectivity index (χ4v) is 2.46. The second kappa shape index (κ2) is 6.74. The third kappa shape index (κ3) is 3.25. The predicted octanol–water partition coefficient (Wildman–Crippen LogP) is 1.30. The number of carbonyl (C=O) groups is 3. The van der Waals surface area contributed by atoms with Gasteiger partial charge in [0, 0.05) is 25.7 Å². The number of ether oxygens (including phenoxy) is 2. The van der Waals surface area contributed by atoms with Gasteiger partial charge in [-0.25, -0.2) is 4.79 Å². The summed E-state index contributed by atoms with van der Waals surface area (Å²) in [7, 11) is 1.74. The number of esters is 2. The lowest BCUT2D eigenvalue weighted by molar-refractivity contribution is -0.161. The minimum Gasteiger partial charge on any atom is -0.465 e. The molecule has 0 bridgehead atoms. The summed E-state index contributed by atoms with van der Waals surface area (Å²) in [5.41, 5.74) is -0.268. The van der Waals surface area contributed by atoms with Crippen molar-refractivity contribution in [3.05, 3.63) is 11.3 Å². The number of ketones is 1. The summed E-state index contributed by atoms with van der Waals surface area (Å²) in [4.78, 5) is 38.2. The largest absolute Gasteiger partial charge is 0.465 e. The molecule has 0 N–H and O–H groups in total. The van der Waals surface area contributed by atoms with Crippen LogP contribution in [0.5, 0.6) is 0 Å². The Morgan fingerprint density at radius 2 is 1.76 bits per heavy atom. The van der Waals surface area contributed by atoms with Crippen LogP contribution in [0, 0.1) is 5.41 Å². The quantitative estimate of drug-likeness (QED) is 0.562. The lowest BCUT2D eigenvalue weighted by Crippen LogP contribution is -2.51. The number of hydrogen-bond acceptors (Lipinski definition) is 6. The molecule has 0 aromatic rings. The van der Waals surface area contributed by atoms with Crippen LogP contribution in [0.1, 0.15) is 34.1 Å². The van der Waals surface area contributed by atoms with Crippen molar-refractivity contribution in [2.75, 3.05) is 26.8 Å². The van der Waals surface area contributed by atoms with Crippen molar-refractivity contribution in [3.8, 4) is 0 Å². The van der Waals surface area contributed by atoms with Gasteiger partial charge in [0.05, 0.1) is 18.8 Å². The van der Waals surface area contributed by atoms with Gasteiger partial charge >= 0.3 is 11.9 Å². The van der Waals surface area contributed by atoms with E-state index in [0.29, 0.717) is 5.57 Å². The summed E-state index contributed by atoms with van der Waals surface area (Å²) in [6.07, 6.45) is 0.0240. The lowest BCUT2D eigenvalue weighted by atomic mass is 9.74. The average Bonchev–Trinajstić information content (AvgIpc) is 2.41. The molecule has 1 atom stereocenters. The Bertz CT molecular complexity index is 482. The van der Waals surface area contributed by atoms with Crippen molar-refractivity contribution in [3.63, 3.8) is 0 Å². The van der Waals surface area contributed by atoms with Crippen LogP contribution >= 0.6 is 0 Å². The second-order valence-corrected chi connectivity index (χ2v) is 5.18. The van der Waals surface area contributed by atoms with E-state index in [4.69, 9.17) is 9.47 Å². The van der Waals surface area contributed by atoms with Crippen molar-refractivity contribution in [1.29, 1.82) is 0 Å². The van der Waals surface area contributed by atoms with E-state index in [-0.39, 0.29) is 32.0 Å². The maximum Gasteiger partial charge on any atom is 0.335 e. The number of nitrogens with zero attached hydrogens (tertiary/aromatic N) is 1. The summed E-state index contributed by atoms with van der Waals surface area (Å²) in [5.74, 6) is -1.38. The van der Waals surface area contributed by atoms with Crippen LogP contribution in [0.2, 0.25) is 0 Å². The Kier molecular flexibility index (Phi) is 5.52. The average molecular weight is 297 g/mol. The van der Waals surface area contributed by atoms with Crippen molar-refractivity contribution >= 4 is 17.7 Å². The van der Waals surface area contributed by atoms with Gasteiger partial charge in [-0.1, -0.05) is 0 Å². The van der Waals surface area contributed by atoms with Gasteiger partial charge in [0.1, 0.15) is 11.2 Å². The molecule has 1 rings (SSSR count). The number of carbonyl (C=O) groups excluding carboxylic acids is 3. The third-order valence-electron chi connectivity index (χ3n) is 3.86. The smallest absolute Gasteiger partial charge is 0.335 e. The van der Waals surface area contributed by atoms with Gasteiger partial charge in [0.2, 0.25) is 0 Å². The van der Waals surface area contributed by atoms with Crippen LogP contribution < -0.4 is 0 Å². The molecule has 0 aliphatic carbocycles. The van der Waals surface area contributed by atoms with Crippen molar-refractivity contribution in [2.45, 2.75) is 34.1 Å². The highest BCUT2D eigenvalue weighted by Gasteiger charge is 2.50. The first-order valence-corrected chi connectivity index (χ1v) is 7.06. The molecular weight excluding hydrogens is 274 g/mol. The van der Waals surface area contributed by atoms with E-state index < -0.39 is 17.4 Å². The van der Waals surface area contributed by atoms with Gasteiger partial charge in [0.15, 0.2) is 0 Å². The molecule has 1 aliphatic rings. The molecule has 1 unspecified atom stereocenters. The normalized spacial score (nSPS) is 22.0. The van der Waals surface area contributed by atoms with Gasteiger partial charge in [0.25, 0.3) is 0 Å². The summed E-state index contributed by atoms with van der Waals surface area (Å²) >= 11 is 0. The molecule has 118 valence electrons. The van der Waals surface area contributed by atoms with Crippen LogP contribution in [0.15, 0.2) is 11.3 Å². The second-order valence-electron chi connectivity index (χ2n) is 5.18. The number of Topliss-reactive ketones (excluding diaryl/α,β-unsaturated/α-hetero) is 1. The van der Waals surface area contributed by atoms with E-state index in [2.05, 4.69) is 0 Å². The van der Waals surface area contributed by atoms with Crippen LogP contribution in [-0.2, 0) is 23.9 Å². The molecule has 0 spiro atoms. The first-order chi connectivity index (χ1) is 9.80. The molecule has 1 heterocycles. The van der Waals surface area contributed by atoms with E-state index in [0.717, 1.165) is 5.70 Å². The molecule has 0 aromatic heterocycles. The topological polar surface area (TPSA) is 72.9 Å². The summed E-state index contributed by atoms with van der Waals surface area (Å²) in [6.45, 7) is 7.17. The molecule has 0 fully saturated rings. The zero-order chi connectivity index (χ0) is 16.2. The Morgan fingerprint density at radius 3 is 2.24 bits per heavy atom. The minimum atomic E-state index is -1.34. The first kappa shape index (κ1) is 17.2. The number of rotatable bonds is 5. The van der Waals surface area contributed by atoms with E-state index in [9.17, 15) is 14.4 Å². The lowest BCUT2D eigenvalue weighted by Gasteiger charge is -2.39. The van der Waals surface area contributed by atoms with Gasteiger partial charge in [-0.3, -0.25) is 9.59 Å². The highest BCUT2D eigenvalue weighted by molar-refractivity contribution is 6.05. The SMILES string of the molecule is CCOC(=O)C1=C(C)N(C)CC(C(C)=O)(C(=O)OCC)C1. The molecule has 6 nitrogen and oxygen atoms in total. The Labute approximate surface area is 125 Å². The minimum absolute atomic E-state index is 0.0240. The third-order valence-corrected chi connectivity index (χ3v) is 3.86. The molecule has 1 aliphatic heterocycles. The molecule has 21 heavy (non-hydrogen) atoms. The summed E-state index contributed by atoms with van der Waals surface area (Å²) in [6, 6.07) is 0. The van der Waals surface area contributed by atoms with E-state index in [1.807, 2.05) is 0 Å².